The predicted molar refractivity (Wildman–Crippen MR) is 150 cm³/mol. The summed E-state index contributed by atoms with van der Waals surface area (Å²) in [6, 6.07) is 10.8. The summed E-state index contributed by atoms with van der Waals surface area (Å²) >= 11 is 0. The Morgan fingerprint density at radius 1 is 1.14 bits per heavy atom. The number of carbonyl (C=O) groups is 1. The Labute approximate surface area is 243 Å². The summed E-state index contributed by atoms with van der Waals surface area (Å²) in [6.45, 7) is 7.84. The first kappa shape index (κ1) is 29.9. The number of halogens is 3. The lowest BCUT2D eigenvalue weighted by atomic mass is 9.69. The third kappa shape index (κ3) is 5.58. The molecule has 5 rings (SSSR count). The van der Waals surface area contributed by atoms with Crippen LogP contribution in [0.2, 0.25) is 0 Å². The number of aromatic nitrogens is 3. The number of benzene rings is 1. The molecular weight excluding hydrogens is 571 g/mol. The molecule has 9 nitrogen and oxygen atoms in total. The third-order valence-corrected chi connectivity index (χ3v) is 9.74. The van der Waals surface area contributed by atoms with E-state index in [9.17, 15) is 26.4 Å². The van der Waals surface area contributed by atoms with E-state index in [0.717, 1.165) is 6.42 Å². The van der Waals surface area contributed by atoms with Crippen LogP contribution < -0.4 is 14.4 Å². The number of nitrogens with zero attached hydrogens (tertiary/aromatic N) is 4. The highest BCUT2D eigenvalue weighted by Gasteiger charge is 2.59. The van der Waals surface area contributed by atoms with Crippen molar-refractivity contribution >= 4 is 21.7 Å². The second-order valence-electron chi connectivity index (χ2n) is 12.0. The molecule has 13 heteroatoms. The quantitative estimate of drug-likeness (QED) is 0.365. The van der Waals surface area contributed by atoms with Crippen LogP contribution in [0, 0.1) is 18.3 Å². The van der Waals surface area contributed by atoms with Gasteiger partial charge in [-0.05, 0) is 69.7 Å². The van der Waals surface area contributed by atoms with Crippen molar-refractivity contribution < 1.29 is 31.1 Å². The summed E-state index contributed by atoms with van der Waals surface area (Å²) in [5.41, 5.74) is -1.68. The Balaban J connectivity index is 1.45. The smallest absolute Gasteiger partial charge is 0.397 e. The molecular formula is C29H34F3N5O4S. The minimum Gasteiger partial charge on any atom is -0.476 e. The van der Waals surface area contributed by atoms with Crippen molar-refractivity contribution in [2.24, 2.45) is 11.3 Å². The highest BCUT2D eigenvalue weighted by molar-refractivity contribution is 7.90. The molecule has 0 bridgehead atoms. The number of pyridine rings is 1. The molecule has 42 heavy (non-hydrogen) atoms. The minimum absolute atomic E-state index is 0.00196. The van der Waals surface area contributed by atoms with Crippen LogP contribution in [0.25, 0.3) is 5.82 Å². The van der Waals surface area contributed by atoms with Crippen LogP contribution in [0.5, 0.6) is 5.88 Å². The van der Waals surface area contributed by atoms with E-state index in [1.807, 2.05) is 18.7 Å². The standard InChI is InChI=1S/C29H34F3N5O4S/c1-19-16-27(3,4)36(17-19)25-21(26(38)35-42(39,40)22-9-6-5-8-20(22)2)10-11-23(33-25)37-15-12-24(34-37)41-18-28(13-7-14-28)29(30,31)32/h5-6,8-12,15,19H,7,13-14,16-18H2,1-4H3,(H,35,38)/t19-/m0/s1. The first-order valence-corrected chi connectivity index (χ1v) is 15.3. The normalized spacial score (nSPS) is 19.8. The van der Waals surface area contributed by atoms with Crippen molar-refractivity contribution in [3.8, 4) is 11.7 Å². The molecule has 1 N–H and O–H groups in total. The van der Waals surface area contributed by atoms with Gasteiger partial charge in [0.2, 0.25) is 5.88 Å². The number of hydrogen-bond acceptors (Lipinski definition) is 7. The summed E-state index contributed by atoms with van der Waals surface area (Å²) < 4.78 is 75.8. The van der Waals surface area contributed by atoms with Gasteiger partial charge in [-0.2, -0.15) is 13.2 Å². The highest BCUT2D eigenvalue weighted by atomic mass is 32.2. The zero-order valence-electron chi connectivity index (χ0n) is 23.9. The van der Waals surface area contributed by atoms with Gasteiger partial charge in [-0.1, -0.05) is 31.5 Å². The second kappa shape index (κ2) is 10.6. The van der Waals surface area contributed by atoms with Crippen molar-refractivity contribution in [2.45, 2.75) is 70.0 Å². The Hall–Kier alpha value is -3.61. The molecule has 1 aromatic carbocycles. The predicted octanol–water partition coefficient (Wildman–Crippen LogP) is 5.43. The molecule has 1 atom stereocenters. The van der Waals surface area contributed by atoms with Crippen molar-refractivity contribution in [2.75, 3.05) is 18.1 Å². The van der Waals surface area contributed by atoms with E-state index in [2.05, 4.69) is 16.7 Å². The molecule has 1 saturated heterocycles. The lowest BCUT2D eigenvalue weighted by molar-refractivity contribution is -0.259. The SMILES string of the molecule is Cc1ccccc1S(=O)(=O)NC(=O)c1ccc(-n2ccc(OCC3(C(F)(F)F)CCC3)n2)nc1N1C[C@@H](C)CC1(C)C. The van der Waals surface area contributed by atoms with Crippen molar-refractivity contribution in [1.29, 1.82) is 0 Å². The van der Waals surface area contributed by atoms with Gasteiger partial charge in [-0.3, -0.25) is 4.79 Å². The molecule has 0 radical (unpaired) electrons. The minimum atomic E-state index is -4.35. The zero-order chi connectivity index (χ0) is 30.5. The average Bonchev–Trinajstić information content (AvgIpc) is 3.44. The third-order valence-electron chi connectivity index (χ3n) is 8.25. The van der Waals surface area contributed by atoms with E-state index in [4.69, 9.17) is 9.72 Å². The second-order valence-corrected chi connectivity index (χ2v) is 13.6. The number of hydrogen-bond donors (Lipinski definition) is 1. The first-order valence-electron chi connectivity index (χ1n) is 13.8. The van der Waals surface area contributed by atoms with Crippen LogP contribution >= 0.6 is 0 Å². The average molecular weight is 606 g/mol. The van der Waals surface area contributed by atoms with Crippen LogP contribution in [-0.4, -0.2) is 54.0 Å². The fourth-order valence-corrected chi connectivity index (χ4v) is 7.05. The topological polar surface area (TPSA) is 106 Å². The Bertz CT molecular complexity index is 1600. The van der Waals surface area contributed by atoms with E-state index >= 15 is 0 Å². The maximum absolute atomic E-state index is 13.5. The summed E-state index contributed by atoms with van der Waals surface area (Å²) in [5.74, 6) is 0.0555. The summed E-state index contributed by atoms with van der Waals surface area (Å²) in [4.78, 5) is 20.2. The Morgan fingerprint density at radius 2 is 1.86 bits per heavy atom. The molecule has 1 saturated carbocycles. The van der Waals surface area contributed by atoms with Crippen LogP contribution in [0.1, 0.15) is 62.4 Å². The van der Waals surface area contributed by atoms with E-state index < -0.39 is 34.1 Å². The molecule has 2 fully saturated rings. The molecule has 0 spiro atoms. The molecule has 1 aliphatic carbocycles. The molecule has 0 unspecified atom stereocenters. The van der Waals surface area contributed by atoms with Crippen LogP contribution in [0.15, 0.2) is 53.6 Å². The lowest BCUT2D eigenvalue weighted by Gasteiger charge is -2.42. The molecule has 226 valence electrons. The van der Waals surface area contributed by atoms with E-state index in [0.29, 0.717) is 24.3 Å². The number of rotatable bonds is 8. The van der Waals surface area contributed by atoms with E-state index in [1.165, 1.54) is 35.1 Å². The number of ether oxygens (including phenoxy) is 1. The summed E-state index contributed by atoms with van der Waals surface area (Å²) in [6.07, 6.45) is -1.47. The molecule has 3 heterocycles. The van der Waals surface area contributed by atoms with Gasteiger partial charge >= 0.3 is 6.18 Å². The number of sulfonamides is 1. The van der Waals surface area contributed by atoms with Crippen LogP contribution in [-0.2, 0) is 10.0 Å². The zero-order valence-corrected chi connectivity index (χ0v) is 24.7. The van der Waals surface area contributed by atoms with E-state index in [1.54, 1.807) is 25.1 Å². The molecule has 1 amide bonds. The Morgan fingerprint density at radius 3 is 2.45 bits per heavy atom. The van der Waals surface area contributed by atoms with Crippen molar-refractivity contribution in [1.82, 2.24) is 19.5 Å². The number of aryl methyl sites for hydroxylation is 1. The fourth-order valence-electron chi connectivity index (χ4n) is 5.84. The molecule has 2 aromatic heterocycles. The number of nitrogens with one attached hydrogen (secondary N) is 1. The van der Waals surface area contributed by atoms with Gasteiger partial charge in [0.15, 0.2) is 5.82 Å². The number of carbonyl (C=O) groups excluding carboxylic acids is 1. The maximum atomic E-state index is 13.5. The summed E-state index contributed by atoms with van der Waals surface area (Å²) in [5, 5.41) is 4.28. The molecule has 1 aliphatic heterocycles. The Kier molecular flexibility index (Phi) is 7.53. The maximum Gasteiger partial charge on any atom is 0.397 e. The summed E-state index contributed by atoms with van der Waals surface area (Å²) in [7, 11) is -4.16. The monoisotopic (exact) mass is 605 g/mol. The highest BCUT2D eigenvalue weighted by Crippen LogP contribution is 2.53. The fraction of sp³-hybridized carbons (Fsp3) is 0.483. The largest absolute Gasteiger partial charge is 0.476 e. The van der Waals surface area contributed by atoms with Crippen LogP contribution in [0.3, 0.4) is 0 Å². The van der Waals surface area contributed by atoms with Gasteiger partial charge in [-0.25, -0.2) is 22.8 Å². The molecule has 3 aromatic rings. The van der Waals surface area contributed by atoms with Gasteiger partial charge in [0.05, 0.1) is 10.5 Å². The van der Waals surface area contributed by atoms with Crippen LogP contribution in [0.4, 0.5) is 19.0 Å². The van der Waals surface area contributed by atoms with Crippen molar-refractivity contribution in [3.05, 3.63) is 59.8 Å². The number of amides is 1. The van der Waals surface area contributed by atoms with Gasteiger partial charge in [0.1, 0.15) is 17.8 Å². The first-order chi connectivity index (χ1) is 19.6. The number of alkyl halides is 3. The lowest BCUT2D eigenvalue weighted by Crippen LogP contribution is -2.48. The van der Waals surface area contributed by atoms with Crippen molar-refractivity contribution in [3.63, 3.8) is 0 Å². The van der Waals surface area contributed by atoms with Gasteiger partial charge in [0.25, 0.3) is 15.9 Å². The molecule has 2 aliphatic rings. The number of anilines is 1. The van der Waals surface area contributed by atoms with Gasteiger partial charge in [0, 0.05) is 24.3 Å². The van der Waals surface area contributed by atoms with Gasteiger partial charge < -0.3 is 9.64 Å². The van der Waals surface area contributed by atoms with E-state index in [-0.39, 0.29) is 46.5 Å². The van der Waals surface area contributed by atoms with Gasteiger partial charge in [-0.15, -0.1) is 5.10 Å².